The van der Waals surface area contributed by atoms with Gasteiger partial charge in [-0.1, -0.05) is 84.9 Å². The minimum Gasteiger partial charge on any atom is -0.465 e. The fourth-order valence-corrected chi connectivity index (χ4v) is 5.62. The largest absolute Gasteiger partial charge is 0.465 e. The van der Waals surface area contributed by atoms with E-state index in [1.165, 1.54) is 17.9 Å². The van der Waals surface area contributed by atoms with Crippen LogP contribution in [-0.2, 0) is 4.74 Å². The molecule has 4 heteroatoms. The molecule has 1 aliphatic rings. The van der Waals surface area contributed by atoms with E-state index in [2.05, 4.69) is 94.7 Å². The van der Waals surface area contributed by atoms with E-state index in [0.717, 1.165) is 44.9 Å². The second-order valence-corrected chi connectivity index (χ2v) is 9.33. The van der Waals surface area contributed by atoms with Gasteiger partial charge in [0, 0.05) is 22.1 Å². The molecule has 38 heavy (non-hydrogen) atoms. The van der Waals surface area contributed by atoms with Crippen LogP contribution in [0.3, 0.4) is 0 Å². The molecule has 0 saturated carbocycles. The smallest absolute Gasteiger partial charge is 0.337 e. The zero-order chi connectivity index (χ0) is 25.6. The summed E-state index contributed by atoms with van der Waals surface area (Å²) in [6.07, 6.45) is 0. The Labute approximate surface area is 220 Å². The van der Waals surface area contributed by atoms with Gasteiger partial charge < -0.3 is 14.5 Å². The van der Waals surface area contributed by atoms with Crippen molar-refractivity contribution in [1.82, 2.24) is 0 Å². The number of hydrogen-bond acceptors (Lipinski definition) is 4. The van der Waals surface area contributed by atoms with Crippen LogP contribution in [0.1, 0.15) is 10.4 Å². The SMILES string of the molecule is COC(=O)c1ccc2c(c1)N(c1ccccc1)c1c(c3ccccc3c3ccccc13)N2c1ccccc1. The standard InChI is InChI=1S/C34H24N2O2/c1-38-34(37)23-20-21-30-31(22-23)36(25-14-6-3-7-15-25)33-29-19-11-9-17-27(29)26-16-8-10-18-28(26)32(33)35(30)24-12-4-2-5-13-24/h2-22H,1H3. The number of esters is 1. The first-order valence-corrected chi connectivity index (χ1v) is 12.6. The van der Waals surface area contributed by atoms with Gasteiger partial charge in [0.05, 0.1) is 35.4 Å². The molecule has 0 fully saturated rings. The molecule has 0 amide bonds. The number of carbonyl (C=O) groups excluding carboxylic acids is 1. The summed E-state index contributed by atoms with van der Waals surface area (Å²) in [5, 5.41) is 4.68. The second-order valence-electron chi connectivity index (χ2n) is 9.33. The summed E-state index contributed by atoms with van der Waals surface area (Å²) in [5.41, 5.74) is 6.65. The number of para-hydroxylation sites is 2. The predicted molar refractivity (Wildman–Crippen MR) is 156 cm³/mol. The molecule has 6 aromatic rings. The van der Waals surface area contributed by atoms with Crippen molar-refractivity contribution in [2.75, 3.05) is 16.9 Å². The van der Waals surface area contributed by atoms with Crippen LogP contribution in [0, 0.1) is 0 Å². The highest BCUT2D eigenvalue weighted by atomic mass is 16.5. The van der Waals surface area contributed by atoms with Crippen molar-refractivity contribution in [3.63, 3.8) is 0 Å². The predicted octanol–water partition coefficient (Wildman–Crippen LogP) is 9.03. The molecular weight excluding hydrogens is 468 g/mol. The molecule has 0 spiro atoms. The van der Waals surface area contributed by atoms with E-state index in [1.54, 1.807) is 0 Å². The Balaban J connectivity index is 1.69. The van der Waals surface area contributed by atoms with Gasteiger partial charge in [-0.25, -0.2) is 4.79 Å². The molecule has 1 heterocycles. The van der Waals surface area contributed by atoms with Gasteiger partial charge in [0.2, 0.25) is 0 Å². The highest BCUT2D eigenvalue weighted by Crippen LogP contribution is 2.59. The van der Waals surface area contributed by atoms with Crippen LogP contribution in [0.15, 0.2) is 127 Å². The fourth-order valence-electron chi connectivity index (χ4n) is 5.62. The Morgan fingerprint density at radius 2 is 0.974 bits per heavy atom. The molecule has 0 saturated heterocycles. The third-order valence-corrected chi connectivity index (χ3v) is 7.23. The average molecular weight is 493 g/mol. The molecule has 1 aliphatic heterocycles. The number of rotatable bonds is 3. The van der Waals surface area contributed by atoms with E-state index in [4.69, 9.17) is 4.74 Å². The first-order chi connectivity index (χ1) is 18.8. The lowest BCUT2D eigenvalue weighted by Crippen LogP contribution is -2.25. The Hall–Kier alpha value is -5.09. The summed E-state index contributed by atoms with van der Waals surface area (Å²) >= 11 is 0. The molecule has 182 valence electrons. The number of fused-ring (bicyclic) bond motifs is 7. The molecule has 0 aliphatic carbocycles. The fraction of sp³-hybridized carbons (Fsp3) is 0.0294. The second kappa shape index (κ2) is 8.79. The molecule has 4 nitrogen and oxygen atoms in total. The minimum atomic E-state index is -0.360. The summed E-state index contributed by atoms with van der Waals surface area (Å²) in [4.78, 5) is 17.3. The molecule has 0 radical (unpaired) electrons. The number of anilines is 6. The summed E-state index contributed by atoms with van der Waals surface area (Å²) in [5.74, 6) is -0.360. The number of benzene rings is 6. The van der Waals surface area contributed by atoms with E-state index < -0.39 is 0 Å². The zero-order valence-corrected chi connectivity index (χ0v) is 20.8. The van der Waals surface area contributed by atoms with E-state index in [9.17, 15) is 4.79 Å². The molecule has 0 atom stereocenters. The van der Waals surface area contributed by atoms with Gasteiger partial charge in [0.15, 0.2) is 0 Å². The van der Waals surface area contributed by atoms with Gasteiger partial charge in [0.1, 0.15) is 0 Å². The van der Waals surface area contributed by atoms with Crippen LogP contribution in [0.5, 0.6) is 0 Å². The van der Waals surface area contributed by atoms with Crippen molar-refractivity contribution in [3.05, 3.63) is 133 Å². The van der Waals surface area contributed by atoms with Crippen molar-refractivity contribution < 1.29 is 9.53 Å². The minimum absolute atomic E-state index is 0.360. The summed E-state index contributed by atoms with van der Waals surface area (Å²) in [6.45, 7) is 0. The van der Waals surface area contributed by atoms with E-state index >= 15 is 0 Å². The zero-order valence-electron chi connectivity index (χ0n) is 20.8. The van der Waals surface area contributed by atoms with Crippen LogP contribution in [-0.4, -0.2) is 13.1 Å². The van der Waals surface area contributed by atoms with Crippen molar-refractivity contribution in [1.29, 1.82) is 0 Å². The van der Waals surface area contributed by atoms with E-state index in [0.29, 0.717) is 5.56 Å². The summed E-state index contributed by atoms with van der Waals surface area (Å²) < 4.78 is 5.11. The van der Waals surface area contributed by atoms with Gasteiger partial charge in [-0.3, -0.25) is 0 Å². The summed E-state index contributed by atoms with van der Waals surface area (Å²) in [6, 6.07) is 43.7. The van der Waals surface area contributed by atoms with Crippen LogP contribution in [0.2, 0.25) is 0 Å². The normalized spacial score (nSPS) is 12.3. The topological polar surface area (TPSA) is 32.8 Å². The molecule has 0 unspecified atom stereocenters. The molecule has 0 aromatic heterocycles. The quantitative estimate of drug-likeness (QED) is 0.182. The molecule has 0 bridgehead atoms. The Kier molecular flexibility index (Phi) is 5.12. The van der Waals surface area contributed by atoms with Gasteiger partial charge >= 0.3 is 5.97 Å². The van der Waals surface area contributed by atoms with Crippen molar-refractivity contribution in [3.8, 4) is 0 Å². The molecular formula is C34H24N2O2. The van der Waals surface area contributed by atoms with Crippen molar-refractivity contribution in [2.45, 2.75) is 0 Å². The van der Waals surface area contributed by atoms with Gasteiger partial charge in [0.25, 0.3) is 0 Å². The first kappa shape index (κ1) is 22.1. The first-order valence-electron chi connectivity index (χ1n) is 12.6. The maximum atomic E-state index is 12.7. The Bertz CT molecular complexity index is 1830. The number of hydrogen-bond donors (Lipinski definition) is 0. The monoisotopic (exact) mass is 492 g/mol. The van der Waals surface area contributed by atoms with Crippen molar-refractivity contribution >= 4 is 61.6 Å². The van der Waals surface area contributed by atoms with Crippen LogP contribution in [0.4, 0.5) is 34.1 Å². The highest BCUT2D eigenvalue weighted by molar-refractivity contribution is 6.25. The molecule has 6 aromatic carbocycles. The lowest BCUT2D eigenvalue weighted by Gasteiger charge is -2.42. The Morgan fingerprint density at radius 1 is 0.526 bits per heavy atom. The number of ether oxygens (including phenoxy) is 1. The highest BCUT2D eigenvalue weighted by Gasteiger charge is 2.34. The van der Waals surface area contributed by atoms with Gasteiger partial charge in [-0.05, 0) is 53.2 Å². The number of nitrogens with zero attached hydrogens (tertiary/aromatic N) is 2. The third-order valence-electron chi connectivity index (χ3n) is 7.23. The Morgan fingerprint density at radius 3 is 1.47 bits per heavy atom. The number of methoxy groups -OCH3 is 1. The van der Waals surface area contributed by atoms with Crippen LogP contribution < -0.4 is 9.80 Å². The summed E-state index contributed by atoms with van der Waals surface area (Å²) in [7, 11) is 1.42. The molecule has 0 N–H and O–H groups in total. The van der Waals surface area contributed by atoms with Crippen LogP contribution in [0.25, 0.3) is 21.5 Å². The van der Waals surface area contributed by atoms with E-state index in [1.807, 2.05) is 42.5 Å². The third kappa shape index (κ3) is 3.27. The number of carbonyl (C=O) groups is 1. The van der Waals surface area contributed by atoms with Gasteiger partial charge in [-0.2, -0.15) is 0 Å². The van der Waals surface area contributed by atoms with E-state index in [-0.39, 0.29) is 5.97 Å². The maximum Gasteiger partial charge on any atom is 0.337 e. The maximum absolute atomic E-state index is 12.7. The lowest BCUT2D eigenvalue weighted by molar-refractivity contribution is 0.0601. The van der Waals surface area contributed by atoms with Gasteiger partial charge in [-0.15, -0.1) is 0 Å². The average Bonchev–Trinajstić information content (AvgIpc) is 3.00. The van der Waals surface area contributed by atoms with Crippen LogP contribution >= 0.6 is 0 Å². The lowest BCUT2D eigenvalue weighted by atomic mass is 9.93. The molecule has 7 rings (SSSR count). The van der Waals surface area contributed by atoms with Crippen molar-refractivity contribution in [2.24, 2.45) is 0 Å².